The van der Waals surface area contributed by atoms with E-state index in [-0.39, 0.29) is 16.3 Å². The topological polar surface area (TPSA) is 103 Å². The zero-order valence-electron chi connectivity index (χ0n) is 27.8. The van der Waals surface area contributed by atoms with E-state index in [1.807, 2.05) is 73.5 Å². The Hall–Kier alpha value is -5.22. The molecule has 1 aliphatic rings. The fourth-order valence-corrected chi connectivity index (χ4v) is 7.90. The van der Waals surface area contributed by atoms with E-state index in [4.69, 9.17) is 9.72 Å². The molecule has 1 fully saturated rings. The fraction of sp³-hybridized carbons (Fsp3) is 0.256. The first-order valence-electron chi connectivity index (χ1n) is 16.5. The monoisotopic (exact) mass is 674 g/mol. The number of aryl methyl sites for hydroxylation is 2. The molecule has 0 saturated carbocycles. The Labute approximate surface area is 285 Å². The summed E-state index contributed by atoms with van der Waals surface area (Å²) in [5.41, 5.74) is 4.87. The van der Waals surface area contributed by atoms with E-state index in [9.17, 15) is 18.0 Å². The van der Waals surface area contributed by atoms with Crippen LogP contribution in [0.2, 0.25) is 0 Å². The minimum atomic E-state index is -3.99. The van der Waals surface area contributed by atoms with Crippen LogP contribution in [0.4, 0.5) is 0 Å². The Morgan fingerprint density at radius 2 is 1.63 bits per heavy atom. The molecule has 9 nitrogen and oxygen atoms in total. The summed E-state index contributed by atoms with van der Waals surface area (Å²) >= 11 is 0. The maximum absolute atomic E-state index is 13.6. The van der Waals surface area contributed by atoms with Crippen molar-refractivity contribution >= 4 is 37.7 Å². The first kappa shape index (κ1) is 32.3. The largest absolute Gasteiger partial charge is 0.494 e. The van der Waals surface area contributed by atoms with Gasteiger partial charge in [0.2, 0.25) is 5.91 Å². The molecule has 250 valence electrons. The SMILES string of the molecule is Cc1ccc(S(=O)(=O)n2ccc3c(-c4ccc5nc(-c6ccc(OCCC7CCC(=O)N(C)CC7)cc6)ccc5c4)cn(C)c(=O)c32)cc1. The van der Waals surface area contributed by atoms with Gasteiger partial charge in [-0.2, -0.15) is 0 Å². The third-order valence-electron chi connectivity index (χ3n) is 9.58. The lowest BCUT2D eigenvalue weighted by molar-refractivity contribution is -0.129. The summed E-state index contributed by atoms with van der Waals surface area (Å²) in [7, 11) is -0.478. The average molecular weight is 675 g/mol. The van der Waals surface area contributed by atoms with Gasteiger partial charge in [0.25, 0.3) is 15.6 Å². The van der Waals surface area contributed by atoms with Gasteiger partial charge in [0.15, 0.2) is 0 Å². The summed E-state index contributed by atoms with van der Waals surface area (Å²) in [5, 5.41) is 1.48. The van der Waals surface area contributed by atoms with Crippen molar-refractivity contribution in [2.45, 2.75) is 37.5 Å². The number of aromatic nitrogens is 3. The summed E-state index contributed by atoms with van der Waals surface area (Å²) < 4.78 is 35.7. The predicted molar refractivity (Wildman–Crippen MR) is 192 cm³/mol. The Bertz CT molecular complexity index is 2360. The lowest BCUT2D eigenvalue weighted by atomic mass is 9.97. The van der Waals surface area contributed by atoms with Gasteiger partial charge in [0.05, 0.1) is 22.7 Å². The van der Waals surface area contributed by atoms with Crippen LogP contribution in [0.5, 0.6) is 5.75 Å². The Morgan fingerprint density at radius 3 is 2.41 bits per heavy atom. The number of carbonyl (C=O) groups excluding carboxylic acids is 1. The number of pyridine rings is 2. The van der Waals surface area contributed by atoms with Crippen LogP contribution in [0, 0.1) is 12.8 Å². The molecule has 3 aromatic carbocycles. The van der Waals surface area contributed by atoms with Crippen LogP contribution in [0.1, 0.15) is 31.2 Å². The van der Waals surface area contributed by atoms with Gasteiger partial charge in [-0.3, -0.25) is 9.59 Å². The minimum Gasteiger partial charge on any atom is -0.494 e. The highest BCUT2D eigenvalue weighted by Gasteiger charge is 2.23. The molecule has 1 atom stereocenters. The number of hydrogen-bond acceptors (Lipinski definition) is 6. The van der Waals surface area contributed by atoms with Gasteiger partial charge in [0.1, 0.15) is 11.3 Å². The highest BCUT2D eigenvalue weighted by molar-refractivity contribution is 7.90. The second-order valence-corrected chi connectivity index (χ2v) is 14.7. The molecular formula is C39H38N4O5S. The zero-order chi connectivity index (χ0) is 34.3. The smallest absolute Gasteiger partial charge is 0.275 e. The number of hydrogen-bond donors (Lipinski definition) is 0. The molecule has 1 aliphatic heterocycles. The molecule has 7 rings (SSSR count). The van der Waals surface area contributed by atoms with Crippen molar-refractivity contribution in [3.8, 4) is 28.1 Å². The molecular weight excluding hydrogens is 637 g/mol. The van der Waals surface area contributed by atoms with E-state index < -0.39 is 15.6 Å². The van der Waals surface area contributed by atoms with Crippen LogP contribution in [-0.4, -0.2) is 52.9 Å². The van der Waals surface area contributed by atoms with Gasteiger partial charge < -0.3 is 14.2 Å². The number of rotatable bonds is 8. The van der Waals surface area contributed by atoms with Crippen molar-refractivity contribution in [2.24, 2.45) is 13.0 Å². The van der Waals surface area contributed by atoms with E-state index in [2.05, 4.69) is 0 Å². The lowest BCUT2D eigenvalue weighted by Crippen LogP contribution is -2.25. The first-order chi connectivity index (χ1) is 23.6. The van der Waals surface area contributed by atoms with Crippen LogP contribution < -0.4 is 10.3 Å². The number of benzene rings is 3. The summed E-state index contributed by atoms with van der Waals surface area (Å²) in [6.45, 7) is 3.32. The molecule has 6 aromatic rings. The molecule has 4 heterocycles. The summed E-state index contributed by atoms with van der Waals surface area (Å²) in [5.74, 6) is 1.53. The van der Waals surface area contributed by atoms with Gasteiger partial charge in [-0.15, -0.1) is 0 Å². The number of carbonyl (C=O) groups is 1. The van der Waals surface area contributed by atoms with E-state index in [1.165, 1.54) is 10.8 Å². The summed E-state index contributed by atoms with van der Waals surface area (Å²) in [4.78, 5) is 32.1. The predicted octanol–water partition coefficient (Wildman–Crippen LogP) is 6.80. The van der Waals surface area contributed by atoms with Crippen molar-refractivity contribution in [2.75, 3.05) is 20.2 Å². The average Bonchev–Trinajstić information content (AvgIpc) is 3.50. The second-order valence-electron chi connectivity index (χ2n) is 12.9. The second kappa shape index (κ2) is 13.0. The number of ether oxygens (including phenoxy) is 1. The Morgan fingerprint density at radius 1 is 0.878 bits per heavy atom. The van der Waals surface area contributed by atoms with Crippen molar-refractivity contribution in [3.63, 3.8) is 0 Å². The van der Waals surface area contributed by atoms with E-state index >= 15 is 0 Å². The Kier molecular flexibility index (Phi) is 8.58. The Balaban J connectivity index is 1.11. The molecule has 0 bridgehead atoms. The van der Waals surface area contributed by atoms with Gasteiger partial charge in [0, 0.05) is 61.4 Å². The minimum absolute atomic E-state index is 0.107. The third kappa shape index (κ3) is 6.36. The van der Waals surface area contributed by atoms with Crippen LogP contribution in [0.3, 0.4) is 0 Å². The standard InChI is InChI=1S/C39H38N4O5S/c1-26-4-13-32(14-5-26)49(46,47)43-22-19-33-34(25-42(3)39(45)38(33)43)29-9-15-36-30(24-29)10-16-35(40-36)28-7-11-31(12-8-28)48-23-20-27-6-17-37(44)41(2)21-18-27/h4-5,7-16,19,22,24-25,27H,6,17-18,20-21,23H2,1-3H3. The molecule has 1 amide bonds. The van der Waals surface area contributed by atoms with E-state index in [1.54, 1.807) is 43.6 Å². The molecule has 0 radical (unpaired) electrons. The molecule has 1 unspecified atom stereocenters. The van der Waals surface area contributed by atoms with Gasteiger partial charge in [-0.05, 0) is 98.3 Å². The fourth-order valence-electron chi connectivity index (χ4n) is 6.56. The van der Waals surface area contributed by atoms with Crippen LogP contribution in [0.15, 0.2) is 107 Å². The molecule has 10 heteroatoms. The van der Waals surface area contributed by atoms with Crippen molar-refractivity contribution in [1.82, 2.24) is 18.4 Å². The zero-order valence-corrected chi connectivity index (χ0v) is 28.6. The van der Waals surface area contributed by atoms with Crippen molar-refractivity contribution in [3.05, 3.63) is 113 Å². The molecule has 0 aliphatic carbocycles. The van der Waals surface area contributed by atoms with Crippen molar-refractivity contribution < 1.29 is 17.9 Å². The molecule has 0 N–H and O–H groups in total. The van der Waals surface area contributed by atoms with E-state index in [0.29, 0.717) is 24.3 Å². The van der Waals surface area contributed by atoms with Crippen LogP contribution in [0.25, 0.3) is 44.2 Å². The number of amides is 1. The molecule has 0 spiro atoms. The number of fused-ring (bicyclic) bond motifs is 2. The third-order valence-corrected chi connectivity index (χ3v) is 11.3. The summed E-state index contributed by atoms with van der Waals surface area (Å²) in [6, 6.07) is 26.1. The maximum Gasteiger partial charge on any atom is 0.275 e. The van der Waals surface area contributed by atoms with Crippen LogP contribution in [-0.2, 0) is 21.9 Å². The first-order valence-corrected chi connectivity index (χ1v) is 17.9. The maximum atomic E-state index is 13.6. The summed E-state index contributed by atoms with van der Waals surface area (Å²) in [6.07, 6.45) is 6.68. The molecule has 49 heavy (non-hydrogen) atoms. The van der Waals surface area contributed by atoms with Crippen molar-refractivity contribution in [1.29, 1.82) is 0 Å². The normalized spacial score (nSPS) is 15.5. The van der Waals surface area contributed by atoms with Gasteiger partial charge in [-0.25, -0.2) is 17.4 Å². The molecule has 1 saturated heterocycles. The number of nitrogens with zero attached hydrogens (tertiary/aromatic N) is 4. The van der Waals surface area contributed by atoms with E-state index in [0.717, 1.165) is 74.4 Å². The van der Waals surface area contributed by atoms with Crippen LogP contribution >= 0.6 is 0 Å². The highest BCUT2D eigenvalue weighted by atomic mass is 32.2. The van der Waals surface area contributed by atoms with Gasteiger partial charge in [-0.1, -0.05) is 29.8 Å². The number of likely N-dealkylation sites (tertiary alicyclic amines) is 1. The van der Waals surface area contributed by atoms with Gasteiger partial charge >= 0.3 is 0 Å². The highest BCUT2D eigenvalue weighted by Crippen LogP contribution is 2.32. The lowest BCUT2D eigenvalue weighted by Gasteiger charge is -2.15. The quantitative estimate of drug-likeness (QED) is 0.176. The molecule has 3 aromatic heterocycles.